The zero-order valence-corrected chi connectivity index (χ0v) is 11.1. The van der Waals surface area contributed by atoms with Gasteiger partial charge in [-0.3, -0.25) is 9.59 Å². The van der Waals surface area contributed by atoms with Crippen molar-refractivity contribution in [3.63, 3.8) is 0 Å². The largest absolute Gasteiger partial charge is 0.468 e. The summed E-state index contributed by atoms with van der Waals surface area (Å²) in [5.74, 6) is 0.338. The molecule has 4 heteroatoms. The summed E-state index contributed by atoms with van der Waals surface area (Å²) in [6, 6.07) is 0. The molecule has 0 aromatic rings. The molecule has 2 unspecified atom stereocenters. The second-order valence-corrected chi connectivity index (χ2v) is 4.85. The van der Waals surface area contributed by atoms with Crippen molar-refractivity contribution in [1.29, 1.82) is 0 Å². The summed E-state index contributed by atoms with van der Waals surface area (Å²) < 4.78 is 4.63. The summed E-state index contributed by atoms with van der Waals surface area (Å²) >= 11 is 0. The zero-order chi connectivity index (χ0) is 12.8. The molecule has 1 aliphatic carbocycles. The standard InChI is InChI=1S/C13H23NO3/c1-4-8-14(9-12(15)17-3)13(16)11-7-5-6-10(11)2/h10-11H,4-9H2,1-3H3. The molecule has 0 aromatic carbocycles. The van der Waals surface area contributed by atoms with Gasteiger partial charge < -0.3 is 9.64 Å². The lowest BCUT2D eigenvalue weighted by molar-refractivity contribution is -0.149. The average Bonchev–Trinajstić information content (AvgIpc) is 2.73. The molecule has 0 aliphatic heterocycles. The molecule has 2 atom stereocenters. The molecule has 4 nitrogen and oxygen atoms in total. The van der Waals surface area contributed by atoms with Gasteiger partial charge in [-0.05, 0) is 25.2 Å². The summed E-state index contributed by atoms with van der Waals surface area (Å²) in [5.41, 5.74) is 0. The Hall–Kier alpha value is -1.06. The van der Waals surface area contributed by atoms with Crippen molar-refractivity contribution >= 4 is 11.9 Å². The lowest BCUT2D eigenvalue weighted by Crippen LogP contribution is -2.41. The minimum Gasteiger partial charge on any atom is -0.468 e. The third-order valence-corrected chi connectivity index (χ3v) is 3.53. The number of amides is 1. The van der Waals surface area contributed by atoms with Crippen LogP contribution in [-0.4, -0.2) is 37.0 Å². The number of ether oxygens (including phenoxy) is 1. The van der Waals surface area contributed by atoms with Crippen LogP contribution in [0.4, 0.5) is 0 Å². The first-order valence-corrected chi connectivity index (χ1v) is 6.45. The average molecular weight is 241 g/mol. The van der Waals surface area contributed by atoms with Crippen molar-refractivity contribution in [2.75, 3.05) is 20.2 Å². The third-order valence-electron chi connectivity index (χ3n) is 3.53. The Morgan fingerprint density at radius 1 is 1.35 bits per heavy atom. The van der Waals surface area contributed by atoms with Crippen LogP contribution < -0.4 is 0 Å². The van der Waals surface area contributed by atoms with Gasteiger partial charge >= 0.3 is 5.97 Å². The SMILES string of the molecule is CCCN(CC(=O)OC)C(=O)C1CCCC1C. The van der Waals surface area contributed by atoms with Gasteiger partial charge in [-0.25, -0.2) is 0 Å². The lowest BCUT2D eigenvalue weighted by atomic mass is 9.96. The van der Waals surface area contributed by atoms with Crippen LogP contribution >= 0.6 is 0 Å². The normalized spacial score (nSPS) is 23.5. The van der Waals surface area contributed by atoms with E-state index in [9.17, 15) is 9.59 Å². The number of esters is 1. The molecule has 0 bridgehead atoms. The van der Waals surface area contributed by atoms with E-state index in [4.69, 9.17) is 0 Å². The van der Waals surface area contributed by atoms with Gasteiger partial charge in [-0.15, -0.1) is 0 Å². The van der Waals surface area contributed by atoms with E-state index >= 15 is 0 Å². The smallest absolute Gasteiger partial charge is 0.325 e. The Balaban J connectivity index is 2.62. The Morgan fingerprint density at radius 3 is 2.53 bits per heavy atom. The molecule has 1 fully saturated rings. The van der Waals surface area contributed by atoms with Crippen molar-refractivity contribution in [2.45, 2.75) is 39.5 Å². The molecule has 0 saturated heterocycles. The summed E-state index contributed by atoms with van der Waals surface area (Å²) in [6.07, 6.45) is 4.07. The molecular formula is C13H23NO3. The predicted molar refractivity (Wildman–Crippen MR) is 65.4 cm³/mol. The van der Waals surface area contributed by atoms with Crippen LogP contribution in [0.15, 0.2) is 0 Å². The number of carbonyl (C=O) groups is 2. The van der Waals surface area contributed by atoms with E-state index in [0.717, 1.165) is 25.7 Å². The van der Waals surface area contributed by atoms with Gasteiger partial charge in [-0.2, -0.15) is 0 Å². The molecule has 0 aromatic heterocycles. The van der Waals surface area contributed by atoms with Gasteiger partial charge in [0.05, 0.1) is 7.11 Å². The highest BCUT2D eigenvalue weighted by molar-refractivity contribution is 5.84. The molecule has 0 spiro atoms. The topological polar surface area (TPSA) is 46.6 Å². The van der Waals surface area contributed by atoms with Crippen molar-refractivity contribution in [2.24, 2.45) is 11.8 Å². The van der Waals surface area contributed by atoms with E-state index in [1.807, 2.05) is 6.92 Å². The van der Waals surface area contributed by atoms with Crippen LogP contribution in [-0.2, 0) is 14.3 Å². The first-order chi connectivity index (χ1) is 8.10. The molecular weight excluding hydrogens is 218 g/mol. The molecule has 1 saturated carbocycles. The predicted octanol–water partition coefficient (Wildman–Crippen LogP) is 1.83. The van der Waals surface area contributed by atoms with Gasteiger partial charge in [0.1, 0.15) is 6.54 Å². The molecule has 1 rings (SSSR count). The number of hydrogen-bond donors (Lipinski definition) is 0. The van der Waals surface area contributed by atoms with Gasteiger partial charge in [0.25, 0.3) is 0 Å². The highest BCUT2D eigenvalue weighted by atomic mass is 16.5. The fourth-order valence-electron chi connectivity index (χ4n) is 2.50. The Bertz CT molecular complexity index is 278. The van der Waals surface area contributed by atoms with Crippen LogP contribution in [0, 0.1) is 11.8 Å². The highest BCUT2D eigenvalue weighted by Gasteiger charge is 2.33. The third kappa shape index (κ3) is 3.72. The van der Waals surface area contributed by atoms with Gasteiger partial charge in [0.2, 0.25) is 5.91 Å². The van der Waals surface area contributed by atoms with Gasteiger partial charge in [0.15, 0.2) is 0 Å². The number of nitrogens with zero attached hydrogens (tertiary/aromatic N) is 1. The van der Waals surface area contributed by atoms with E-state index in [2.05, 4.69) is 11.7 Å². The summed E-state index contributed by atoms with van der Waals surface area (Å²) in [5, 5.41) is 0. The fraction of sp³-hybridized carbons (Fsp3) is 0.846. The second-order valence-electron chi connectivity index (χ2n) is 4.85. The fourth-order valence-corrected chi connectivity index (χ4v) is 2.50. The monoisotopic (exact) mass is 241 g/mol. The van der Waals surface area contributed by atoms with Crippen LogP contribution in [0.25, 0.3) is 0 Å². The van der Waals surface area contributed by atoms with Gasteiger partial charge in [-0.1, -0.05) is 20.3 Å². The Morgan fingerprint density at radius 2 is 2.06 bits per heavy atom. The van der Waals surface area contributed by atoms with Crippen LogP contribution in [0.2, 0.25) is 0 Å². The van der Waals surface area contributed by atoms with E-state index < -0.39 is 0 Å². The highest BCUT2D eigenvalue weighted by Crippen LogP contribution is 2.32. The Labute approximate surface area is 103 Å². The van der Waals surface area contributed by atoms with Crippen molar-refractivity contribution in [1.82, 2.24) is 4.90 Å². The van der Waals surface area contributed by atoms with Crippen molar-refractivity contribution < 1.29 is 14.3 Å². The van der Waals surface area contributed by atoms with Crippen LogP contribution in [0.3, 0.4) is 0 Å². The van der Waals surface area contributed by atoms with E-state index in [1.54, 1.807) is 4.90 Å². The second kappa shape index (κ2) is 6.62. The molecule has 17 heavy (non-hydrogen) atoms. The first kappa shape index (κ1) is 14.0. The van der Waals surface area contributed by atoms with E-state index in [1.165, 1.54) is 7.11 Å². The van der Waals surface area contributed by atoms with E-state index in [0.29, 0.717) is 12.5 Å². The van der Waals surface area contributed by atoms with Crippen molar-refractivity contribution in [3.05, 3.63) is 0 Å². The van der Waals surface area contributed by atoms with Crippen LogP contribution in [0.1, 0.15) is 39.5 Å². The molecule has 0 N–H and O–H groups in total. The number of rotatable bonds is 5. The summed E-state index contributed by atoms with van der Waals surface area (Å²) in [6.45, 7) is 4.86. The zero-order valence-electron chi connectivity index (χ0n) is 11.1. The molecule has 0 heterocycles. The van der Waals surface area contributed by atoms with Crippen molar-refractivity contribution in [3.8, 4) is 0 Å². The first-order valence-electron chi connectivity index (χ1n) is 6.45. The number of methoxy groups -OCH3 is 1. The lowest BCUT2D eigenvalue weighted by Gasteiger charge is -2.26. The maximum Gasteiger partial charge on any atom is 0.325 e. The Kier molecular flexibility index (Phi) is 5.45. The van der Waals surface area contributed by atoms with E-state index in [-0.39, 0.29) is 24.3 Å². The maximum atomic E-state index is 12.3. The number of carbonyl (C=O) groups excluding carboxylic acids is 2. The summed E-state index contributed by atoms with van der Waals surface area (Å²) in [4.78, 5) is 25.2. The molecule has 0 radical (unpaired) electrons. The summed E-state index contributed by atoms with van der Waals surface area (Å²) in [7, 11) is 1.36. The molecule has 1 amide bonds. The quantitative estimate of drug-likeness (QED) is 0.690. The van der Waals surface area contributed by atoms with Gasteiger partial charge in [0, 0.05) is 12.5 Å². The van der Waals surface area contributed by atoms with Crippen LogP contribution in [0.5, 0.6) is 0 Å². The molecule has 98 valence electrons. The minimum absolute atomic E-state index is 0.0897. The minimum atomic E-state index is -0.336. The number of hydrogen-bond acceptors (Lipinski definition) is 3. The molecule has 1 aliphatic rings. The maximum absolute atomic E-state index is 12.3.